The number of hydrogen-bond acceptors (Lipinski definition) is 3. The molecule has 30 heavy (non-hydrogen) atoms. The normalized spacial score (nSPS) is 23.4. The Morgan fingerprint density at radius 1 is 0.900 bits per heavy atom. The third-order valence-corrected chi connectivity index (χ3v) is 6.91. The molecule has 2 N–H and O–H groups in total. The van der Waals surface area contributed by atoms with Gasteiger partial charge in [0.1, 0.15) is 0 Å². The second-order valence-corrected chi connectivity index (χ2v) is 8.46. The van der Waals surface area contributed by atoms with Gasteiger partial charge in [0.2, 0.25) is 11.8 Å². The van der Waals surface area contributed by atoms with Gasteiger partial charge < -0.3 is 15.5 Å². The second kappa shape index (κ2) is 7.27. The highest BCUT2D eigenvalue weighted by atomic mass is 16.2. The summed E-state index contributed by atoms with van der Waals surface area (Å²) in [6, 6.07) is 15.3. The average Bonchev–Trinajstić information content (AvgIpc) is 2.79. The van der Waals surface area contributed by atoms with Crippen LogP contribution in [0.4, 0.5) is 0 Å². The molecule has 0 saturated carbocycles. The van der Waals surface area contributed by atoms with Crippen LogP contribution in [0.1, 0.15) is 51.8 Å². The highest BCUT2D eigenvalue weighted by molar-refractivity contribution is 6.01. The number of primary amides is 1. The summed E-state index contributed by atoms with van der Waals surface area (Å²) in [5.41, 5.74) is 9.17. The standard InChI is InChI=1S/C24H25N3O3/c25-22(28)16-9-12-26(13-10-16)24(30)20-18-7-3-4-8-19(18)23(29)27-14-11-15-5-1-2-6-17(15)21(20)27/h1-8,16,20-21H,9-14H2,(H2,25,28)/t20-,21-/m1/s1. The molecule has 0 spiro atoms. The number of amides is 3. The Morgan fingerprint density at radius 2 is 1.57 bits per heavy atom. The number of piperidine rings is 1. The molecule has 0 aliphatic carbocycles. The van der Waals surface area contributed by atoms with Gasteiger partial charge in [-0.3, -0.25) is 14.4 Å². The Bertz CT molecular complexity index is 1030. The number of likely N-dealkylation sites (tertiary alicyclic amines) is 1. The van der Waals surface area contributed by atoms with E-state index in [9.17, 15) is 14.4 Å². The summed E-state index contributed by atoms with van der Waals surface area (Å²) in [5, 5.41) is 0. The first-order valence-corrected chi connectivity index (χ1v) is 10.6. The minimum Gasteiger partial charge on any atom is -0.369 e. The summed E-state index contributed by atoms with van der Waals surface area (Å²) in [7, 11) is 0. The number of carbonyl (C=O) groups excluding carboxylic acids is 3. The van der Waals surface area contributed by atoms with Crippen molar-refractivity contribution in [3.63, 3.8) is 0 Å². The van der Waals surface area contributed by atoms with Crippen LogP contribution in [0.5, 0.6) is 0 Å². The fourth-order valence-corrected chi connectivity index (χ4v) is 5.32. The monoisotopic (exact) mass is 403 g/mol. The van der Waals surface area contributed by atoms with E-state index in [1.807, 2.05) is 52.3 Å². The van der Waals surface area contributed by atoms with E-state index in [-0.39, 0.29) is 29.7 Å². The number of carbonyl (C=O) groups is 3. The van der Waals surface area contributed by atoms with Gasteiger partial charge >= 0.3 is 0 Å². The number of nitrogens with two attached hydrogens (primary N) is 1. The lowest BCUT2D eigenvalue weighted by molar-refractivity contribution is -0.138. The molecule has 3 aliphatic heterocycles. The maximum absolute atomic E-state index is 13.8. The maximum Gasteiger partial charge on any atom is 0.254 e. The number of rotatable bonds is 2. The zero-order valence-electron chi connectivity index (χ0n) is 16.8. The van der Waals surface area contributed by atoms with Crippen molar-refractivity contribution >= 4 is 17.7 Å². The van der Waals surface area contributed by atoms with E-state index in [1.165, 1.54) is 5.56 Å². The van der Waals surface area contributed by atoms with Crippen molar-refractivity contribution in [3.05, 3.63) is 70.8 Å². The van der Waals surface area contributed by atoms with E-state index in [4.69, 9.17) is 5.73 Å². The van der Waals surface area contributed by atoms with Crippen LogP contribution in [0.25, 0.3) is 0 Å². The second-order valence-electron chi connectivity index (χ2n) is 8.46. The topological polar surface area (TPSA) is 83.7 Å². The number of fused-ring (bicyclic) bond motifs is 4. The van der Waals surface area contributed by atoms with Crippen LogP contribution < -0.4 is 5.73 Å². The molecule has 5 rings (SSSR count). The van der Waals surface area contributed by atoms with Gasteiger partial charge in [-0.1, -0.05) is 42.5 Å². The summed E-state index contributed by atoms with van der Waals surface area (Å²) < 4.78 is 0. The zero-order chi connectivity index (χ0) is 20.8. The molecular weight excluding hydrogens is 378 g/mol. The molecule has 0 bridgehead atoms. The summed E-state index contributed by atoms with van der Waals surface area (Å²) in [5.74, 6) is -0.860. The average molecular weight is 403 g/mol. The molecule has 0 unspecified atom stereocenters. The number of nitrogens with zero attached hydrogens (tertiary/aromatic N) is 2. The summed E-state index contributed by atoms with van der Waals surface area (Å²) >= 11 is 0. The lowest BCUT2D eigenvalue weighted by Crippen LogP contribution is -2.52. The van der Waals surface area contributed by atoms with Crippen molar-refractivity contribution in [1.82, 2.24) is 9.80 Å². The first kappa shape index (κ1) is 18.9. The van der Waals surface area contributed by atoms with Crippen LogP contribution >= 0.6 is 0 Å². The van der Waals surface area contributed by atoms with Gasteiger partial charge in [-0.05, 0) is 42.0 Å². The van der Waals surface area contributed by atoms with Crippen LogP contribution in [-0.2, 0) is 16.0 Å². The van der Waals surface area contributed by atoms with E-state index >= 15 is 0 Å². The predicted molar refractivity (Wildman–Crippen MR) is 112 cm³/mol. The third-order valence-electron chi connectivity index (χ3n) is 6.91. The van der Waals surface area contributed by atoms with Gasteiger partial charge in [0.15, 0.2) is 0 Å². The molecule has 0 radical (unpaired) electrons. The van der Waals surface area contributed by atoms with Gasteiger partial charge in [0.05, 0.1) is 12.0 Å². The van der Waals surface area contributed by atoms with E-state index < -0.39 is 5.92 Å². The molecule has 154 valence electrons. The van der Waals surface area contributed by atoms with E-state index in [0.29, 0.717) is 38.0 Å². The molecule has 2 aromatic rings. The van der Waals surface area contributed by atoms with Crippen LogP contribution in [-0.4, -0.2) is 47.2 Å². The molecule has 3 heterocycles. The lowest BCUT2D eigenvalue weighted by Gasteiger charge is -2.46. The first-order valence-electron chi connectivity index (χ1n) is 10.6. The Kier molecular flexibility index (Phi) is 4.57. The smallest absolute Gasteiger partial charge is 0.254 e. The fraction of sp³-hybridized carbons (Fsp3) is 0.375. The van der Waals surface area contributed by atoms with Crippen LogP contribution in [0.2, 0.25) is 0 Å². The quantitative estimate of drug-likeness (QED) is 0.835. The molecule has 2 atom stereocenters. The molecule has 3 aliphatic rings. The van der Waals surface area contributed by atoms with Gasteiger partial charge in [-0.25, -0.2) is 0 Å². The Balaban J connectivity index is 1.56. The molecule has 3 amide bonds. The molecule has 1 saturated heterocycles. The molecule has 6 heteroatoms. The van der Waals surface area contributed by atoms with Gasteiger partial charge in [-0.2, -0.15) is 0 Å². The van der Waals surface area contributed by atoms with Crippen molar-refractivity contribution in [2.75, 3.05) is 19.6 Å². The van der Waals surface area contributed by atoms with Crippen molar-refractivity contribution in [2.45, 2.75) is 31.2 Å². The minimum atomic E-state index is -0.439. The minimum absolute atomic E-state index is 0.00147. The van der Waals surface area contributed by atoms with Crippen LogP contribution in [0, 0.1) is 5.92 Å². The fourth-order valence-electron chi connectivity index (χ4n) is 5.32. The molecule has 2 aromatic carbocycles. The largest absolute Gasteiger partial charge is 0.369 e. The van der Waals surface area contributed by atoms with E-state index in [1.54, 1.807) is 0 Å². The lowest BCUT2D eigenvalue weighted by atomic mass is 9.75. The third kappa shape index (κ3) is 2.90. The van der Waals surface area contributed by atoms with Crippen LogP contribution in [0.3, 0.4) is 0 Å². The number of benzene rings is 2. The summed E-state index contributed by atoms with van der Waals surface area (Å²) in [6.45, 7) is 1.66. The van der Waals surface area contributed by atoms with Gasteiger partial charge in [0, 0.05) is 31.1 Å². The molecule has 6 nitrogen and oxygen atoms in total. The zero-order valence-corrected chi connectivity index (χ0v) is 16.8. The van der Waals surface area contributed by atoms with Crippen molar-refractivity contribution in [2.24, 2.45) is 11.7 Å². The van der Waals surface area contributed by atoms with E-state index in [2.05, 4.69) is 6.07 Å². The van der Waals surface area contributed by atoms with Gasteiger partial charge in [-0.15, -0.1) is 0 Å². The summed E-state index contributed by atoms with van der Waals surface area (Å²) in [6.07, 6.45) is 1.99. The predicted octanol–water partition coefficient (Wildman–Crippen LogP) is 2.25. The Hall–Kier alpha value is -3.15. The van der Waals surface area contributed by atoms with Crippen molar-refractivity contribution in [1.29, 1.82) is 0 Å². The molecule has 0 aromatic heterocycles. The Morgan fingerprint density at radius 3 is 2.30 bits per heavy atom. The van der Waals surface area contributed by atoms with Crippen molar-refractivity contribution in [3.8, 4) is 0 Å². The molecule has 1 fully saturated rings. The van der Waals surface area contributed by atoms with Crippen molar-refractivity contribution < 1.29 is 14.4 Å². The molecular formula is C24H25N3O3. The number of hydrogen-bond donors (Lipinski definition) is 1. The maximum atomic E-state index is 13.8. The SMILES string of the molecule is NC(=O)C1CCN(C(=O)[C@@H]2c3ccccc3C(=O)N3CCc4ccccc4[C@H]23)CC1. The summed E-state index contributed by atoms with van der Waals surface area (Å²) in [4.78, 5) is 42.4. The van der Waals surface area contributed by atoms with Crippen LogP contribution in [0.15, 0.2) is 48.5 Å². The highest BCUT2D eigenvalue weighted by Gasteiger charge is 2.47. The Labute approximate surface area is 175 Å². The van der Waals surface area contributed by atoms with Gasteiger partial charge in [0.25, 0.3) is 5.91 Å². The highest BCUT2D eigenvalue weighted by Crippen LogP contribution is 2.46. The van der Waals surface area contributed by atoms with E-state index in [0.717, 1.165) is 17.5 Å². The first-order chi connectivity index (χ1) is 14.6.